The predicted molar refractivity (Wildman–Crippen MR) is 97.3 cm³/mol. The summed E-state index contributed by atoms with van der Waals surface area (Å²) in [6.07, 6.45) is 1.96. The molecule has 3 heterocycles. The Bertz CT molecular complexity index is 749. The maximum Gasteiger partial charge on any atom is 0.410 e. The van der Waals surface area contributed by atoms with Crippen LogP contribution in [0.3, 0.4) is 0 Å². The van der Waals surface area contributed by atoms with E-state index in [2.05, 4.69) is 15.1 Å². The summed E-state index contributed by atoms with van der Waals surface area (Å²) in [7, 11) is 0. The number of aromatic nitrogens is 4. The molecule has 0 saturated carbocycles. The number of rotatable bonds is 1. The fourth-order valence-corrected chi connectivity index (χ4v) is 2.86. The van der Waals surface area contributed by atoms with Gasteiger partial charge in [0.1, 0.15) is 17.7 Å². The van der Waals surface area contributed by atoms with Crippen LogP contribution in [0.4, 0.5) is 10.6 Å². The normalized spacial score (nSPS) is 17.4. The van der Waals surface area contributed by atoms with E-state index in [0.717, 1.165) is 17.5 Å². The van der Waals surface area contributed by atoms with Crippen LogP contribution >= 0.6 is 0 Å². The Kier molecular flexibility index (Phi) is 5.49. The first-order chi connectivity index (χ1) is 11.8. The van der Waals surface area contributed by atoms with E-state index in [4.69, 9.17) is 10.5 Å². The highest BCUT2D eigenvalue weighted by atomic mass is 16.6. The molecule has 0 bridgehead atoms. The van der Waals surface area contributed by atoms with Crippen molar-refractivity contribution < 1.29 is 9.53 Å². The SMILES string of the molecule is CC.Cc1nn(C2CCN(C(=O)OC(C)(C)C)C2)c2ncnc(N)c12. The lowest BCUT2D eigenvalue weighted by Gasteiger charge is -2.24. The van der Waals surface area contributed by atoms with Gasteiger partial charge < -0.3 is 15.4 Å². The van der Waals surface area contributed by atoms with Gasteiger partial charge in [0.25, 0.3) is 0 Å². The Morgan fingerprint density at radius 3 is 2.64 bits per heavy atom. The number of hydrogen-bond acceptors (Lipinski definition) is 6. The van der Waals surface area contributed by atoms with Crippen LogP contribution in [-0.4, -0.2) is 49.4 Å². The number of nitrogens with zero attached hydrogens (tertiary/aromatic N) is 5. The van der Waals surface area contributed by atoms with Crippen LogP contribution in [0.15, 0.2) is 6.33 Å². The van der Waals surface area contributed by atoms with Crippen LogP contribution < -0.4 is 5.73 Å². The van der Waals surface area contributed by atoms with Gasteiger partial charge >= 0.3 is 6.09 Å². The zero-order chi connectivity index (χ0) is 18.8. The van der Waals surface area contributed by atoms with Crippen molar-refractivity contribution in [1.29, 1.82) is 0 Å². The first-order valence-electron chi connectivity index (χ1n) is 8.69. The zero-order valence-electron chi connectivity index (χ0n) is 15.9. The third kappa shape index (κ3) is 4.00. The van der Waals surface area contributed by atoms with E-state index >= 15 is 0 Å². The number of anilines is 1. The van der Waals surface area contributed by atoms with E-state index < -0.39 is 5.60 Å². The van der Waals surface area contributed by atoms with E-state index in [-0.39, 0.29) is 12.1 Å². The fourth-order valence-electron chi connectivity index (χ4n) is 2.86. The van der Waals surface area contributed by atoms with Gasteiger partial charge in [-0.05, 0) is 34.1 Å². The monoisotopic (exact) mass is 348 g/mol. The molecule has 3 rings (SSSR count). The number of nitrogen functional groups attached to an aromatic ring is 1. The van der Waals surface area contributed by atoms with E-state index in [1.54, 1.807) is 4.90 Å². The smallest absolute Gasteiger partial charge is 0.410 e. The maximum atomic E-state index is 12.2. The molecular formula is C17H28N6O2. The second-order valence-electron chi connectivity index (χ2n) is 6.86. The molecule has 2 aromatic heterocycles. The van der Waals surface area contributed by atoms with Gasteiger partial charge in [-0.1, -0.05) is 13.8 Å². The van der Waals surface area contributed by atoms with Gasteiger partial charge in [-0.3, -0.25) is 0 Å². The maximum absolute atomic E-state index is 12.2. The first-order valence-corrected chi connectivity index (χ1v) is 8.69. The number of likely N-dealkylation sites (tertiary alicyclic amines) is 1. The largest absolute Gasteiger partial charge is 0.444 e. The quantitative estimate of drug-likeness (QED) is 0.850. The average Bonchev–Trinajstić information content (AvgIpc) is 3.13. The van der Waals surface area contributed by atoms with Crippen molar-refractivity contribution in [3.05, 3.63) is 12.0 Å². The third-order valence-electron chi connectivity index (χ3n) is 3.85. The molecule has 0 aromatic carbocycles. The average molecular weight is 348 g/mol. The number of fused-ring (bicyclic) bond motifs is 1. The lowest BCUT2D eigenvalue weighted by atomic mass is 10.2. The Balaban J connectivity index is 0.00000109. The van der Waals surface area contributed by atoms with Crippen LogP contribution in [0.1, 0.15) is 52.8 Å². The topological polar surface area (TPSA) is 99.2 Å². The van der Waals surface area contributed by atoms with Gasteiger partial charge in [0.05, 0.1) is 17.1 Å². The Hall–Kier alpha value is -2.38. The molecule has 138 valence electrons. The molecule has 1 aliphatic rings. The van der Waals surface area contributed by atoms with Crippen LogP contribution in [0.5, 0.6) is 0 Å². The summed E-state index contributed by atoms with van der Waals surface area (Å²) >= 11 is 0. The second kappa shape index (κ2) is 7.25. The molecule has 2 aromatic rings. The molecule has 0 spiro atoms. The number of ether oxygens (including phenoxy) is 1. The summed E-state index contributed by atoms with van der Waals surface area (Å²) in [5.41, 5.74) is 6.94. The van der Waals surface area contributed by atoms with Gasteiger partial charge in [0.15, 0.2) is 5.65 Å². The Labute approximate surface area is 148 Å². The molecule has 1 amide bonds. The first kappa shape index (κ1) is 19.0. The summed E-state index contributed by atoms with van der Waals surface area (Å²) in [4.78, 5) is 22.2. The molecule has 1 unspecified atom stereocenters. The number of aryl methyl sites for hydroxylation is 1. The Morgan fingerprint density at radius 1 is 1.32 bits per heavy atom. The van der Waals surface area contributed by atoms with Crippen LogP contribution in [0, 0.1) is 6.92 Å². The number of carbonyl (C=O) groups excluding carboxylic acids is 1. The van der Waals surface area contributed by atoms with Gasteiger partial charge in [-0.25, -0.2) is 19.4 Å². The number of carbonyl (C=O) groups is 1. The minimum absolute atomic E-state index is 0.0630. The molecule has 1 atom stereocenters. The minimum atomic E-state index is -0.494. The van der Waals surface area contributed by atoms with Crippen LogP contribution in [0.25, 0.3) is 11.0 Å². The molecular weight excluding hydrogens is 320 g/mol. The van der Waals surface area contributed by atoms with Gasteiger partial charge in [0, 0.05) is 13.1 Å². The van der Waals surface area contributed by atoms with Crippen molar-refractivity contribution >= 4 is 22.9 Å². The number of nitrogens with two attached hydrogens (primary N) is 1. The standard InChI is InChI=1S/C15H22N6O2.C2H6/c1-9-11-12(16)17-8-18-13(11)21(19-9)10-5-6-20(7-10)14(22)23-15(2,3)4;1-2/h8,10H,5-7H2,1-4H3,(H2,16,17,18);1-2H3. The highest BCUT2D eigenvalue weighted by Gasteiger charge is 2.32. The van der Waals surface area contributed by atoms with Crippen molar-refractivity contribution in [3.8, 4) is 0 Å². The molecule has 1 fully saturated rings. The number of hydrogen-bond donors (Lipinski definition) is 1. The molecule has 0 aliphatic carbocycles. The van der Waals surface area contributed by atoms with Crippen molar-refractivity contribution in [1.82, 2.24) is 24.6 Å². The molecule has 8 nitrogen and oxygen atoms in total. The predicted octanol–water partition coefficient (Wildman–Crippen LogP) is 2.93. The summed E-state index contributed by atoms with van der Waals surface area (Å²) in [5.74, 6) is 0.431. The minimum Gasteiger partial charge on any atom is -0.444 e. The van der Waals surface area contributed by atoms with Gasteiger partial charge in [0.2, 0.25) is 0 Å². The summed E-state index contributed by atoms with van der Waals surface area (Å²) in [6, 6.07) is 0.0630. The lowest BCUT2D eigenvalue weighted by molar-refractivity contribution is 0.0288. The van der Waals surface area contributed by atoms with E-state index in [1.807, 2.05) is 46.2 Å². The van der Waals surface area contributed by atoms with E-state index in [1.165, 1.54) is 6.33 Å². The van der Waals surface area contributed by atoms with Crippen LogP contribution in [0.2, 0.25) is 0 Å². The molecule has 0 radical (unpaired) electrons. The third-order valence-corrected chi connectivity index (χ3v) is 3.85. The zero-order valence-corrected chi connectivity index (χ0v) is 15.9. The van der Waals surface area contributed by atoms with Crippen molar-refractivity contribution in [2.45, 2.75) is 59.6 Å². The van der Waals surface area contributed by atoms with Gasteiger partial charge in [-0.15, -0.1) is 0 Å². The molecule has 1 aliphatic heterocycles. The highest BCUT2D eigenvalue weighted by Crippen LogP contribution is 2.28. The van der Waals surface area contributed by atoms with E-state index in [9.17, 15) is 4.79 Å². The van der Waals surface area contributed by atoms with Crippen molar-refractivity contribution in [3.63, 3.8) is 0 Å². The Morgan fingerprint density at radius 2 is 2.00 bits per heavy atom. The highest BCUT2D eigenvalue weighted by molar-refractivity contribution is 5.87. The number of amides is 1. The molecule has 1 saturated heterocycles. The molecule has 8 heteroatoms. The summed E-state index contributed by atoms with van der Waals surface area (Å²) < 4.78 is 7.28. The van der Waals surface area contributed by atoms with Crippen LogP contribution in [-0.2, 0) is 4.74 Å². The summed E-state index contributed by atoms with van der Waals surface area (Å²) in [5, 5.41) is 5.34. The molecule has 2 N–H and O–H groups in total. The van der Waals surface area contributed by atoms with E-state index in [0.29, 0.717) is 24.6 Å². The van der Waals surface area contributed by atoms with Crippen molar-refractivity contribution in [2.75, 3.05) is 18.8 Å². The second-order valence-corrected chi connectivity index (χ2v) is 6.86. The van der Waals surface area contributed by atoms with Crippen molar-refractivity contribution in [2.24, 2.45) is 0 Å². The lowest BCUT2D eigenvalue weighted by Crippen LogP contribution is -2.35. The van der Waals surface area contributed by atoms with Gasteiger partial charge in [-0.2, -0.15) is 5.10 Å². The fraction of sp³-hybridized carbons (Fsp3) is 0.647. The summed E-state index contributed by atoms with van der Waals surface area (Å²) in [6.45, 7) is 12.7. The molecule has 25 heavy (non-hydrogen) atoms.